The fourth-order valence-electron chi connectivity index (χ4n) is 2.04. The summed E-state index contributed by atoms with van der Waals surface area (Å²) in [6, 6.07) is 0. The molecule has 2 heterocycles. The van der Waals surface area contributed by atoms with Crippen LogP contribution in [0.4, 0.5) is 23.3 Å². The maximum Gasteiger partial charge on any atom is 0.353 e. The van der Waals surface area contributed by atoms with E-state index in [1.165, 1.54) is 0 Å². The molecule has 1 aliphatic rings. The predicted molar refractivity (Wildman–Crippen MR) is 76.1 cm³/mol. The summed E-state index contributed by atoms with van der Waals surface area (Å²) in [5.74, 6) is -0.0595. The van der Waals surface area contributed by atoms with E-state index in [1.54, 1.807) is 0 Å². The first kappa shape index (κ1) is 15.2. The standard InChI is InChI=1S/C11H18N6O4/c12-9-8(17(19)20)10(14-6-7-2-1-5-21-7)16-11(15-9)13-3-4-18/h7,18H,1-6H2,(H4,12,13,14,15,16)/t7-/m0/s1. The minimum Gasteiger partial charge on any atom is -0.395 e. The van der Waals surface area contributed by atoms with E-state index in [9.17, 15) is 10.1 Å². The van der Waals surface area contributed by atoms with Crippen molar-refractivity contribution in [1.29, 1.82) is 0 Å². The molecular formula is C11H18N6O4. The van der Waals surface area contributed by atoms with Crippen molar-refractivity contribution in [3.05, 3.63) is 10.1 Å². The van der Waals surface area contributed by atoms with Crippen LogP contribution >= 0.6 is 0 Å². The molecule has 0 saturated carbocycles. The molecule has 21 heavy (non-hydrogen) atoms. The normalized spacial score (nSPS) is 17.7. The van der Waals surface area contributed by atoms with Gasteiger partial charge in [0, 0.05) is 19.7 Å². The number of aromatic nitrogens is 2. The SMILES string of the molecule is Nc1nc(NCCO)nc(NC[C@@H]2CCCO2)c1[N+](=O)[O-]. The number of nitrogen functional groups attached to an aromatic ring is 1. The Morgan fingerprint density at radius 1 is 1.48 bits per heavy atom. The van der Waals surface area contributed by atoms with Crippen LogP contribution in [0, 0.1) is 10.1 Å². The minimum absolute atomic E-state index is 0.00893. The van der Waals surface area contributed by atoms with Crippen molar-refractivity contribution in [2.45, 2.75) is 18.9 Å². The third-order valence-corrected chi connectivity index (χ3v) is 3.01. The van der Waals surface area contributed by atoms with Gasteiger partial charge in [-0.1, -0.05) is 0 Å². The Kier molecular flexibility index (Phi) is 5.06. The molecule has 0 bridgehead atoms. The highest BCUT2D eigenvalue weighted by Crippen LogP contribution is 2.29. The Morgan fingerprint density at radius 3 is 2.90 bits per heavy atom. The summed E-state index contributed by atoms with van der Waals surface area (Å²) >= 11 is 0. The Bertz CT molecular complexity index is 506. The highest BCUT2D eigenvalue weighted by molar-refractivity contribution is 5.69. The van der Waals surface area contributed by atoms with Crippen LogP contribution in [0.3, 0.4) is 0 Å². The second-order valence-electron chi connectivity index (χ2n) is 4.55. The Hall–Kier alpha value is -2.20. The molecule has 0 aromatic carbocycles. The van der Waals surface area contributed by atoms with E-state index in [0.29, 0.717) is 13.2 Å². The smallest absolute Gasteiger partial charge is 0.353 e. The molecule has 1 atom stereocenters. The lowest BCUT2D eigenvalue weighted by molar-refractivity contribution is -0.383. The number of aliphatic hydroxyl groups excluding tert-OH is 1. The highest BCUT2D eigenvalue weighted by Gasteiger charge is 2.24. The summed E-state index contributed by atoms with van der Waals surface area (Å²) < 4.78 is 5.44. The first-order valence-electron chi connectivity index (χ1n) is 6.64. The van der Waals surface area contributed by atoms with Crippen LogP contribution in [-0.4, -0.2) is 52.4 Å². The lowest BCUT2D eigenvalue weighted by Gasteiger charge is -2.13. The van der Waals surface area contributed by atoms with Crippen LogP contribution in [-0.2, 0) is 4.74 Å². The molecule has 0 amide bonds. The largest absolute Gasteiger partial charge is 0.395 e. The van der Waals surface area contributed by atoms with Crippen LogP contribution in [0.15, 0.2) is 0 Å². The molecule has 0 unspecified atom stereocenters. The molecule has 1 aliphatic heterocycles. The number of anilines is 3. The van der Waals surface area contributed by atoms with Gasteiger partial charge in [-0.2, -0.15) is 9.97 Å². The summed E-state index contributed by atoms with van der Waals surface area (Å²) in [7, 11) is 0. The maximum atomic E-state index is 11.1. The molecular weight excluding hydrogens is 280 g/mol. The number of aliphatic hydroxyl groups is 1. The second-order valence-corrected chi connectivity index (χ2v) is 4.55. The molecule has 10 heteroatoms. The van der Waals surface area contributed by atoms with Gasteiger partial charge in [0.05, 0.1) is 17.6 Å². The summed E-state index contributed by atoms with van der Waals surface area (Å²) in [6.07, 6.45) is 1.88. The molecule has 0 radical (unpaired) electrons. The lowest BCUT2D eigenvalue weighted by Crippen LogP contribution is -2.21. The van der Waals surface area contributed by atoms with Gasteiger partial charge in [0.1, 0.15) is 0 Å². The fraction of sp³-hybridized carbons (Fsp3) is 0.636. The van der Waals surface area contributed by atoms with E-state index in [-0.39, 0.29) is 42.5 Å². The summed E-state index contributed by atoms with van der Waals surface area (Å²) in [4.78, 5) is 18.3. The van der Waals surface area contributed by atoms with Crippen molar-refractivity contribution in [3.8, 4) is 0 Å². The summed E-state index contributed by atoms with van der Waals surface area (Å²) in [5, 5.41) is 25.5. The number of nitrogens with zero attached hydrogens (tertiary/aromatic N) is 3. The monoisotopic (exact) mass is 298 g/mol. The van der Waals surface area contributed by atoms with E-state index in [1.807, 2.05) is 0 Å². The predicted octanol–water partition coefficient (Wildman–Crippen LogP) is -0.0379. The van der Waals surface area contributed by atoms with Crippen molar-refractivity contribution in [1.82, 2.24) is 9.97 Å². The van der Waals surface area contributed by atoms with Crippen LogP contribution in [0.2, 0.25) is 0 Å². The minimum atomic E-state index is -0.622. The highest BCUT2D eigenvalue weighted by atomic mass is 16.6. The van der Waals surface area contributed by atoms with E-state index >= 15 is 0 Å². The molecule has 0 aliphatic carbocycles. The number of nitrogens with one attached hydrogen (secondary N) is 2. The third kappa shape index (κ3) is 3.89. The van der Waals surface area contributed by atoms with Gasteiger partial charge >= 0.3 is 5.69 Å². The summed E-state index contributed by atoms with van der Waals surface area (Å²) in [5.41, 5.74) is 5.25. The van der Waals surface area contributed by atoms with Gasteiger partial charge < -0.3 is 26.2 Å². The van der Waals surface area contributed by atoms with Gasteiger partial charge in [-0.25, -0.2) is 0 Å². The van der Waals surface area contributed by atoms with Gasteiger partial charge in [-0.05, 0) is 12.8 Å². The van der Waals surface area contributed by atoms with Crippen molar-refractivity contribution in [2.24, 2.45) is 0 Å². The molecule has 116 valence electrons. The quantitative estimate of drug-likeness (QED) is 0.402. The van der Waals surface area contributed by atoms with Gasteiger partial charge in [-0.15, -0.1) is 0 Å². The van der Waals surface area contributed by atoms with Crippen LogP contribution < -0.4 is 16.4 Å². The first-order chi connectivity index (χ1) is 10.1. The number of ether oxygens (including phenoxy) is 1. The average molecular weight is 298 g/mol. The lowest BCUT2D eigenvalue weighted by atomic mass is 10.2. The molecule has 1 fully saturated rings. The van der Waals surface area contributed by atoms with Crippen molar-refractivity contribution >= 4 is 23.3 Å². The number of hydrogen-bond donors (Lipinski definition) is 4. The zero-order valence-corrected chi connectivity index (χ0v) is 11.4. The maximum absolute atomic E-state index is 11.1. The number of hydrogen-bond acceptors (Lipinski definition) is 9. The van der Waals surface area contributed by atoms with E-state index in [4.69, 9.17) is 15.6 Å². The zero-order chi connectivity index (χ0) is 15.2. The number of nitro groups is 1. The first-order valence-corrected chi connectivity index (χ1v) is 6.64. The van der Waals surface area contributed by atoms with E-state index in [0.717, 1.165) is 12.8 Å². The van der Waals surface area contributed by atoms with Gasteiger partial charge in [-0.3, -0.25) is 10.1 Å². The van der Waals surface area contributed by atoms with E-state index in [2.05, 4.69) is 20.6 Å². The van der Waals surface area contributed by atoms with Crippen LogP contribution in [0.1, 0.15) is 12.8 Å². The molecule has 5 N–H and O–H groups in total. The Balaban J connectivity index is 2.17. The topological polar surface area (TPSA) is 148 Å². The molecule has 2 rings (SSSR count). The molecule has 0 spiro atoms. The second kappa shape index (κ2) is 6.99. The Morgan fingerprint density at radius 2 is 2.29 bits per heavy atom. The van der Waals surface area contributed by atoms with Crippen molar-refractivity contribution in [2.75, 3.05) is 42.7 Å². The molecule has 1 aromatic rings. The van der Waals surface area contributed by atoms with Crippen molar-refractivity contribution in [3.63, 3.8) is 0 Å². The number of rotatable bonds is 7. The Labute approximate surface area is 120 Å². The van der Waals surface area contributed by atoms with Gasteiger partial charge in [0.2, 0.25) is 17.6 Å². The fourth-order valence-corrected chi connectivity index (χ4v) is 2.04. The van der Waals surface area contributed by atoms with Gasteiger partial charge in [0.25, 0.3) is 0 Å². The average Bonchev–Trinajstić information content (AvgIpc) is 2.95. The molecule has 1 aromatic heterocycles. The summed E-state index contributed by atoms with van der Waals surface area (Å²) in [6.45, 7) is 1.22. The molecule has 10 nitrogen and oxygen atoms in total. The van der Waals surface area contributed by atoms with E-state index < -0.39 is 4.92 Å². The zero-order valence-electron chi connectivity index (χ0n) is 11.4. The third-order valence-electron chi connectivity index (χ3n) is 3.01. The van der Waals surface area contributed by atoms with Crippen molar-refractivity contribution < 1.29 is 14.8 Å². The number of nitrogens with two attached hydrogens (primary N) is 1. The van der Waals surface area contributed by atoms with Gasteiger partial charge in [0.15, 0.2) is 0 Å². The molecule has 1 saturated heterocycles. The van der Waals surface area contributed by atoms with Crippen LogP contribution in [0.5, 0.6) is 0 Å². The van der Waals surface area contributed by atoms with Crippen LogP contribution in [0.25, 0.3) is 0 Å².